The Morgan fingerprint density at radius 1 is 1.57 bits per heavy atom. The predicted octanol–water partition coefficient (Wildman–Crippen LogP) is 1.69. The molecule has 2 N–H and O–H groups in total. The van der Waals surface area contributed by atoms with Crippen LogP contribution in [0.3, 0.4) is 0 Å². The zero-order chi connectivity index (χ0) is 10.1. The average Bonchev–Trinajstić information content (AvgIpc) is 2.76. The summed E-state index contributed by atoms with van der Waals surface area (Å²) in [5, 5.41) is 6.30. The maximum Gasteiger partial charge on any atom is 0.125 e. The number of anilines is 1. The molecule has 0 aliphatic rings. The molecule has 0 saturated carbocycles. The molecule has 2 aromatic heterocycles. The summed E-state index contributed by atoms with van der Waals surface area (Å²) in [6, 6.07) is 1.96. The highest BCUT2D eigenvalue weighted by Gasteiger charge is 2.14. The fraction of sp³-hybridized carbons (Fsp3) is 0.333. The summed E-state index contributed by atoms with van der Waals surface area (Å²) in [5.74, 6) is 0.732. The van der Waals surface area contributed by atoms with Crippen molar-refractivity contribution in [1.82, 2.24) is 14.2 Å². The highest BCUT2D eigenvalue weighted by molar-refractivity contribution is 7.03. The van der Waals surface area contributed by atoms with Gasteiger partial charge >= 0.3 is 0 Å². The lowest BCUT2D eigenvalue weighted by Gasteiger charge is -1.96. The van der Waals surface area contributed by atoms with Gasteiger partial charge in [-0.2, -0.15) is 9.47 Å². The third kappa shape index (κ3) is 1.29. The van der Waals surface area contributed by atoms with E-state index < -0.39 is 0 Å². The first-order valence-electron chi connectivity index (χ1n) is 4.46. The van der Waals surface area contributed by atoms with Crippen LogP contribution in [0, 0.1) is 0 Å². The minimum absolute atomic E-state index is 0.732. The topological polar surface area (TPSA) is 56.7 Å². The van der Waals surface area contributed by atoms with Gasteiger partial charge in [0, 0.05) is 18.0 Å². The monoisotopic (exact) mass is 208 g/mol. The first kappa shape index (κ1) is 9.21. The van der Waals surface area contributed by atoms with Crippen molar-refractivity contribution in [2.24, 2.45) is 7.05 Å². The quantitative estimate of drug-likeness (QED) is 0.817. The third-order valence-corrected chi connectivity index (χ3v) is 2.79. The molecule has 2 aromatic rings. The maximum atomic E-state index is 5.90. The van der Waals surface area contributed by atoms with Crippen molar-refractivity contribution < 1.29 is 0 Å². The van der Waals surface area contributed by atoms with E-state index in [0.717, 1.165) is 29.2 Å². The Bertz CT molecular complexity index is 430. The minimum atomic E-state index is 0.732. The molecule has 0 fully saturated rings. The number of nitrogen functional groups attached to an aromatic ring is 1. The first-order chi connectivity index (χ1) is 6.74. The van der Waals surface area contributed by atoms with Crippen molar-refractivity contribution >= 4 is 17.4 Å². The van der Waals surface area contributed by atoms with Crippen molar-refractivity contribution in [3.63, 3.8) is 0 Å². The Kier molecular flexibility index (Phi) is 2.25. The van der Waals surface area contributed by atoms with Crippen LogP contribution in [0.5, 0.6) is 0 Å². The highest BCUT2D eigenvalue weighted by atomic mass is 32.1. The fourth-order valence-corrected chi connectivity index (χ4v) is 1.98. The van der Waals surface area contributed by atoms with Crippen LogP contribution in [0.15, 0.2) is 11.4 Å². The molecule has 0 atom stereocenters. The van der Waals surface area contributed by atoms with E-state index in [1.54, 1.807) is 4.68 Å². The normalized spacial score (nSPS) is 10.7. The Morgan fingerprint density at radius 3 is 2.93 bits per heavy atom. The zero-order valence-corrected chi connectivity index (χ0v) is 9.01. The van der Waals surface area contributed by atoms with Gasteiger partial charge in [-0.1, -0.05) is 6.92 Å². The Morgan fingerprint density at radius 2 is 2.36 bits per heavy atom. The van der Waals surface area contributed by atoms with E-state index in [-0.39, 0.29) is 0 Å². The molecule has 0 bridgehead atoms. The number of rotatable bonds is 2. The van der Waals surface area contributed by atoms with Gasteiger partial charge < -0.3 is 5.73 Å². The first-order valence-corrected chi connectivity index (χ1v) is 5.29. The van der Waals surface area contributed by atoms with Crippen LogP contribution in [-0.4, -0.2) is 14.2 Å². The van der Waals surface area contributed by atoms with Crippen LogP contribution < -0.4 is 5.73 Å². The van der Waals surface area contributed by atoms with Gasteiger partial charge in [-0.15, -0.1) is 0 Å². The number of nitrogens with two attached hydrogens (primary N) is 1. The molecule has 0 aliphatic heterocycles. The highest BCUT2D eigenvalue weighted by Crippen LogP contribution is 2.26. The number of hydrogen-bond acceptors (Lipinski definition) is 4. The standard InChI is InChI=1S/C9H12N4S/c1-3-6-8(7-4-5-14-12-7)11-13(2)9(6)10/h4-5H,3,10H2,1-2H3. The van der Waals surface area contributed by atoms with Crippen LogP contribution >= 0.6 is 11.5 Å². The number of aryl methyl sites for hydroxylation is 1. The Balaban J connectivity index is 2.59. The second kappa shape index (κ2) is 3.42. The Hall–Kier alpha value is -1.36. The molecule has 0 unspecified atom stereocenters. The summed E-state index contributed by atoms with van der Waals surface area (Å²) in [4.78, 5) is 0. The van der Waals surface area contributed by atoms with Crippen LogP contribution in [0.2, 0.25) is 0 Å². The second-order valence-corrected chi connectivity index (χ2v) is 3.74. The van der Waals surface area contributed by atoms with E-state index in [4.69, 9.17) is 5.73 Å². The van der Waals surface area contributed by atoms with Crippen molar-refractivity contribution in [3.8, 4) is 11.4 Å². The molecule has 0 amide bonds. The van der Waals surface area contributed by atoms with Crippen LogP contribution in [0.4, 0.5) is 5.82 Å². The molecule has 0 aliphatic carbocycles. The molecule has 2 rings (SSSR count). The van der Waals surface area contributed by atoms with Crippen LogP contribution in [0.1, 0.15) is 12.5 Å². The largest absolute Gasteiger partial charge is 0.384 e. The molecule has 0 spiro atoms. The lowest BCUT2D eigenvalue weighted by molar-refractivity contribution is 0.781. The lowest BCUT2D eigenvalue weighted by Crippen LogP contribution is -1.98. The smallest absolute Gasteiger partial charge is 0.125 e. The van der Waals surface area contributed by atoms with Gasteiger partial charge in [-0.3, -0.25) is 4.68 Å². The van der Waals surface area contributed by atoms with Gasteiger partial charge in [0.05, 0.1) is 0 Å². The summed E-state index contributed by atoms with van der Waals surface area (Å²) in [5.41, 5.74) is 8.80. The summed E-state index contributed by atoms with van der Waals surface area (Å²) < 4.78 is 5.96. The maximum absolute atomic E-state index is 5.90. The van der Waals surface area contributed by atoms with Crippen LogP contribution in [0.25, 0.3) is 11.4 Å². The molecular formula is C9H12N4S. The van der Waals surface area contributed by atoms with Crippen molar-refractivity contribution in [1.29, 1.82) is 0 Å². The molecule has 0 radical (unpaired) electrons. The molecule has 74 valence electrons. The molecule has 0 saturated heterocycles. The lowest BCUT2D eigenvalue weighted by atomic mass is 10.1. The number of nitrogens with zero attached hydrogens (tertiary/aromatic N) is 3. The summed E-state index contributed by atoms with van der Waals surface area (Å²) in [6.45, 7) is 2.07. The summed E-state index contributed by atoms with van der Waals surface area (Å²) >= 11 is 1.43. The zero-order valence-electron chi connectivity index (χ0n) is 8.19. The van der Waals surface area contributed by atoms with Gasteiger partial charge in [0.2, 0.25) is 0 Å². The van der Waals surface area contributed by atoms with Gasteiger partial charge in [-0.25, -0.2) is 0 Å². The van der Waals surface area contributed by atoms with E-state index in [2.05, 4.69) is 16.4 Å². The van der Waals surface area contributed by atoms with Gasteiger partial charge in [0.25, 0.3) is 0 Å². The minimum Gasteiger partial charge on any atom is -0.384 e. The van der Waals surface area contributed by atoms with E-state index in [1.165, 1.54) is 11.5 Å². The van der Waals surface area contributed by atoms with E-state index in [9.17, 15) is 0 Å². The predicted molar refractivity (Wildman–Crippen MR) is 58.1 cm³/mol. The van der Waals surface area contributed by atoms with Crippen molar-refractivity contribution in [3.05, 3.63) is 17.0 Å². The summed E-state index contributed by atoms with van der Waals surface area (Å²) in [6.07, 6.45) is 0.881. The number of hydrogen-bond donors (Lipinski definition) is 1. The molecule has 0 aromatic carbocycles. The van der Waals surface area contributed by atoms with Gasteiger partial charge in [0.15, 0.2) is 0 Å². The van der Waals surface area contributed by atoms with E-state index in [0.29, 0.717) is 0 Å². The SMILES string of the molecule is CCc1c(-c2ccsn2)nn(C)c1N. The Labute approximate surface area is 86.5 Å². The summed E-state index contributed by atoms with van der Waals surface area (Å²) in [7, 11) is 1.85. The van der Waals surface area contributed by atoms with Gasteiger partial charge in [0.1, 0.15) is 17.2 Å². The third-order valence-electron chi connectivity index (χ3n) is 2.23. The van der Waals surface area contributed by atoms with Crippen molar-refractivity contribution in [2.45, 2.75) is 13.3 Å². The second-order valence-electron chi connectivity index (χ2n) is 3.07. The van der Waals surface area contributed by atoms with E-state index >= 15 is 0 Å². The van der Waals surface area contributed by atoms with Gasteiger partial charge in [-0.05, 0) is 24.0 Å². The fourth-order valence-electron chi connectivity index (χ4n) is 1.47. The average molecular weight is 208 g/mol. The number of aromatic nitrogens is 3. The molecular weight excluding hydrogens is 196 g/mol. The molecule has 5 heteroatoms. The molecule has 14 heavy (non-hydrogen) atoms. The van der Waals surface area contributed by atoms with E-state index in [1.807, 2.05) is 18.5 Å². The van der Waals surface area contributed by atoms with Crippen LogP contribution in [-0.2, 0) is 13.5 Å². The molecule has 2 heterocycles. The van der Waals surface area contributed by atoms with Crippen molar-refractivity contribution in [2.75, 3.05) is 5.73 Å². The molecule has 4 nitrogen and oxygen atoms in total.